The quantitative estimate of drug-likeness (QED) is 0.773. The van der Waals surface area contributed by atoms with E-state index in [1.807, 2.05) is 19.1 Å². The number of hydrogen-bond acceptors (Lipinski definition) is 5. The lowest BCUT2D eigenvalue weighted by molar-refractivity contribution is 0.274. The Labute approximate surface area is 143 Å². The van der Waals surface area contributed by atoms with E-state index >= 15 is 0 Å². The highest BCUT2D eigenvalue weighted by atomic mass is 32.3. The summed E-state index contributed by atoms with van der Waals surface area (Å²) in [6.07, 6.45) is 0.614. The molecule has 0 aliphatic carbocycles. The van der Waals surface area contributed by atoms with Gasteiger partial charge >= 0.3 is 0 Å². The molecule has 2 aromatic carbocycles. The van der Waals surface area contributed by atoms with Gasteiger partial charge in [0.05, 0.1) is 11.4 Å². The van der Waals surface area contributed by atoms with Crippen LogP contribution in [0.5, 0.6) is 0 Å². The fraction of sp³-hybridized carbons (Fsp3) is 0.294. The fourth-order valence-corrected chi connectivity index (χ4v) is 4.96. The lowest BCUT2D eigenvalue weighted by Crippen LogP contribution is -2.46. The van der Waals surface area contributed by atoms with Crippen LogP contribution in [0.25, 0.3) is 0 Å². The highest BCUT2D eigenvalue weighted by Crippen LogP contribution is 2.59. The monoisotopic (exact) mass is 351 g/mol. The van der Waals surface area contributed by atoms with Gasteiger partial charge in [-0.2, -0.15) is 4.31 Å². The van der Waals surface area contributed by atoms with Crippen LogP contribution in [0.2, 0.25) is 0 Å². The molecular formula is C17H22FN3O2S. The van der Waals surface area contributed by atoms with E-state index in [4.69, 9.17) is 5.73 Å². The van der Waals surface area contributed by atoms with Crippen LogP contribution in [0.15, 0.2) is 48.5 Å². The van der Waals surface area contributed by atoms with Gasteiger partial charge in [-0.15, -0.1) is 0 Å². The van der Waals surface area contributed by atoms with Crippen molar-refractivity contribution in [2.24, 2.45) is 5.73 Å². The maximum atomic E-state index is 14.4. The normalized spacial score (nSPS) is 19.6. The van der Waals surface area contributed by atoms with Crippen LogP contribution in [-0.4, -0.2) is 26.0 Å². The van der Waals surface area contributed by atoms with Gasteiger partial charge < -0.3 is 5.73 Å². The average molecular weight is 351 g/mol. The average Bonchev–Trinajstić information content (AvgIpc) is 2.55. The van der Waals surface area contributed by atoms with Crippen molar-refractivity contribution in [3.05, 3.63) is 59.9 Å². The highest BCUT2D eigenvalue weighted by molar-refractivity contribution is 8.23. The van der Waals surface area contributed by atoms with Crippen molar-refractivity contribution in [3.63, 3.8) is 0 Å². The molecule has 1 unspecified atom stereocenters. The number of rotatable bonds is 4. The van der Waals surface area contributed by atoms with Crippen LogP contribution in [0.1, 0.15) is 18.9 Å². The van der Waals surface area contributed by atoms with Gasteiger partial charge in [0.2, 0.25) is 0 Å². The number of fused-ring (bicyclic) bond motifs is 1. The minimum atomic E-state index is -3.40. The topological polar surface area (TPSA) is 73.0 Å². The molecule has 7 heteroatoms. The Morgan fingerprint density at radius 2 is 1.75 bits per heavy atom. The molecule has 4 N–H and O–H groups in total. The second-order valence-corrected chi connectivity index (χ2v) is 7.68. The first-order valence-electron chi connectivity index (χ1n) is 7.84. The zero-order valence-corrected chi connectivity index (χ0v) is 14.3. The number of nitrogens with zero attached hydrogens (tertiary/aromatic N) is 2. The summed E-state index contributed by atoms with van der Waals surface area (Å²) in [6, 6.07) is 13.4. The predicted molar refractivity (Wildman–Crippen MR) is 96.5 cm³/mol. The Balaban J connectivity index is 2.15. The standard InChI is InChI=1S/C17H22FN3O2S/c1-13(10-11-19)20-12-14-6-2-4-8-16(14)21(24(20,22)23)17-9-5-3-7-15(17)18/h2-9,13,22-23H,10-12,19H2,1H3. The summed E-state index contributed by atoms with van der Waals surface area (Å²) in [6.45, 7) is 2.72. The lowest BCUT2D eigenvalue weighted by Gasteiger charge is -2.55. The maximum Gasteiger partial charge on any atom is 0.148 e. The largest absolute Gasteiger partial charge is 0.330 e. The minimum absolute atomic E-state index is 0.148. The van der Waals surface area contributed by atoms with Gasteiger partial charge in [-0.25, -0.2) is 8.70 Å². The molecule has 0 amide bonds. The number of hydrogen-bond donors (Lipinski definition) is 3. The summed E-state index contributed by atoms with van der Waals surface area (Å²) in [7, 11) is -3.40. The van der Waals surface area contributed by atoms with Crippen molar-refractivity contribution in [2.45, 2.75) is 25.9 Å². The van der Waals surface area contributed by atoms with Crippen LogP contribution in [0.3, 0.4) is 0 Å². The molecule has 0 bridgehead atoms. The molecule has 1 atom stereocenters. The Hall–Kier alpha value is -1.64. The molecule has 1 aliphatic heterocycles. The Bertz CT molecular complexity index is 728. The molecule has 130 valence electrons. The van der Waals surface area contributed by atoms with E-state index in [-0.39, 0.29) is 11.7 Å². The van der Waals surface area contributed by atoms with Crippen molar-refractivity contribution in [3.8, 4) is 0 Å². The molecule has 0 aromatic heterocycles. The van der Waals surface area contributed by atoms with Gasteiger partial charge in [-0.3, -0.25) is 9.11 Å². The molecule has 24 heavy (non-hydrogen) atoms. The van der Waals surface area contributed by atoms with Crippen molar-refractivity contribution in [1.82, 2.24) is 4.31 Å². The van der Waals surface area contributed by atoms with Gasteiger partial charge in [0.1, 0.15) is 5.82 Å². The third-order valence-corrected chi connectivity index (χ3v) is 6.25. The fourth-order valence-electron chi connectivity index (χ4n) is 2.99. The summed E-state index contributed by atoms with van der Waals surface area (Å²) < 4.78 is 39.3. The van der Waals surface area contributed by atoms with Gasteiger partial charge in [0, 0.05) is 12.6 Å². The summed E-state index contributed by atoms with van der Waals surface area (Å²) in [5, 5.41) is 0. The van der Waals surface area contributed by atoms with E-state index in [1.165, 1.54) is 10.4 Å². The Morgan fingerprint density at radius 3 is 2.42 bits per heavy atom. The molecular weight excluding hydrogens is 329 g/mol. The number of halogens is 1. The first-order chi connectivity index (χ1) is 11.5. The van der Waals surface area contributed by atoms with Crippen LogP contribution in [0.4, 0.5) is 15.8 Å². The van der Waals surface area contributed by atoms with Crippen molar-refractivity contribution in [2.75, 3.05) is 10.8 Å². The number of para-hydroxylation sites is 2. The molecule has 5 nitrogen and oxygen atoms in total. The number of benzene rings is 2. The molecule has 1 heterocycles. The Morgan fingerprint density at radius 1 is 1.12 bits per heavy atom. The lowest BCUT2D eigenvalue weighted by atomic mass is 10.1. The first-order valence-corrected chi connectivity index (χ1v) is 9.30. The van der Waals surface area contributed by atoms with Gasteiger partial charge in [0.15, 0.2) is 0 Å². The van der Waals surface area contributed by atoms with Crippen LogP contribution in [-0.2, 0) is 6.54 Å². The van der Waals surface area contributed by atoms with Gasteiger partial charge in [-0.05, 0) is 54.6 Å². The van der Waals surface area contributed by atoms with Crippen LogP contribution < -0.4 is 10.0 Å². The minimum Gasteiger partial charge on any atom is -0.330 e. The molecule has 0 radical (unpaired) electrons. The number of anilines is 2. The molecule has 1 aliphatic rings. The van der Waals surface area contributed by atoms with Crippen LogP contribution >= 0.6 is 11.0 Å². The predicted octanol–water partition coefficient (Wildman–Crippen LogP) is 4.10. The summed E-state index contributed by atoms with van der Waals surface area (Å²) in [5.74, 6) is -0.499. The highest BCUT2D eigenvalue weighted by Gasteiger charge is 2.40. The first kappa shape index (κ1) is 17.2. The Kier molecular flexibility index (Phi) is 4.80. The summed E-state index contributed by atoms with van der Waals surface area (Å²) in [4.78, 5) is 0. The number of nitrogens with two attached hydrogens (primary N) is 1. The summed E-state index contributed by atoms with van der Waals surface area (Å²) in [5.41, 5.74) is 7.31. The van der Waals surface area contributed by atoms with Crippen molar-refractivity contribution < 1.29 is 13.5 Å². The second kappa shape index (κ2) is 6.70. The molecule has 2 aromatic rings. The maximum absolute atomic E-state index is 14.4. The van der Waals surface area contributed by atoms with Crippen molar-refractivity contribution >= 4 is 22.3 Å². The van der Waals surface area contributed by atoms with Gasteiger partial charge in [0.25, 0.3) is 0 Å². The third kappa shape index (κ3) is 2.89. The van der Waals surface area contributed by atoms with E-state index in [0.29, 0.717) is 25.2 Å². The molecule has 0 spiro atoms. The molecule has 0 saturated heterocycles. The second-order valence-electron chi connectivity index (χ2n) is 5.87. The SMILES string of the molecule is CC(CCN)N1Cc2ccccc2N(c2ccccc2F)S1(O)O. The van der Waals surface area contributed by atoms with Crippen molar-refractivity contribution in [1.29, 1.82) is 0 Å². The van der Waals surface area contributed by atoms with E-state index in [1.54, 1.807) is 34.6 Å². The van der Waals surface area contributed by atoms with Crippen LogP contribution in [0, 0.1) is 5.82 Å². The van der Waals surface area contributed by atoms with E-state index in [9.17, 15) is 13.5 Å². The molecule has 0 fully saturated rings. The van der Waals surface area contributed by atoms with E-state index < -0.39 is 16.8 Å². The third-order valence-electron chi connectivity index (χ3n) is 4.24. The smallest absolute Gasteiger partial charge is 0.148 e. The van der Waals surface area contributed by atoms with Gasteiger partial charge in [-0.1, -0.05) is 30.3 Å². The molecule has 0 saturated carbocycles. The zero-order valence-electron chi connectivity index (χ0n) is 13.5. The zero-order chi connectivity index (χ0) is 17.3. The van der Waals surface area contributed by atoms with E-state index in [0.717, 1.165) is 5.56 Å². The molecule has 3 rings (SSSR count). The summed E-state index contributed by atoms with van der Waals surface area (Å²) >= 11 is 0. The van der Waals surface area contributed by atoms with E-state index in [2.05, 4.69) is 0 Å².